The fraction of sp³-hybridized carbons (Fsp3) is 0.562. The first-order valence-electron chi connectivity index (χ1n) is 6.93. The number of likely N-dealkylation sites (tertiary alicyclic amines) is 1. The summed E-state index contributed by atoms with van der Waals surface area (Å²) in [4.78, 5) is 2.53. The Morgan fingerprint density at radius 3 is 2.72 bits per heavy atom. The Morgan fingerprint density at radius 1 is 1.33 bits per heavy atom. The van der Waals surface area contributed by atoms with Gasteiger partial charge in [0.05, 0.1) is 11.6 Å². The van der Waals surface area contributed by atoms with Crippen LogP contribution in [0.5, 0.6) is 0 Å². The molecule has 0 saturated carbocycles. The number of hydrogen-bond acceptors (Lipinski definition) is 2. The van der Waals surface area contributed by atoms with E-state index in [0.29, 0.717) is 5.41 Å². The van der Waals surface area contributed by atoms with Gasteiger partial charge in [0.1, 0.15) is 0 Å². The van der Waals surface area contributed by atoms with E-state index in [1.165, 1.54) is 37.9 Å². The molecule has 0 radical (unpaired) electrons. The lowest BCUT2D eigenvalue weighted by Crippen LogP contribution is -2.26. The van der Waals surface area contributed by atoms with Crippen molar-refractivity contribution in [2.75, 3.05) is 13.1 Å². The average molecular weight is 242 g/mol. The van der Waals surface area contributed by atoms with Gasteiger partial charge in [0.2, 0.25) is 0 Å². The second-order valence-corrected chi connectivity index (χ2v) is 5.48. The number of rotatable bonds is 4. The third-order valence-electron chi connectivity index (χ3n) is 4.48. The molecule has 1 aromatic carbocycles. The van der Waals surface area contributed by atoms with E-state index in [9.17, 15) is 0 Å². The lowest BCUT2D eigenvalue weighted by atomic mass is 9.82. The van der Waals surface area contributed by atoms with Crippen molar-refractivity contribution in [2.24, 2.45) is 5.41 Å². The lowest BCUT2D eigenvalue weighted by molar-refractivity contribution is 0.236. The molecular weight excluding hydrogens is 220 g/mol. The third-order valence-corrected chi connectivity index (χ3v) is 4.48. The van der Waals surface area contributed by atoms with Crippen molar-refractivity contribution in [1.82, 2.24) is 4.90 Å². The van der Waals surface area contributed by atoms with E-state index >= 15 is 0 Å². The van der Waals surface area contributed by atoms with Gasteiger partial charge >= 0.3 is 0 Å². The van der Waals surface area contributed by atoms with E-state index in [1.807, 2.05) is 18.2 Å². The quantitative estimate of drug-likeness (QED) is 0.807. The molecule has 0 aromatic heterocycles. The summed E-state index contributed by atoms with van der Waals surface area (Å²) in [7, 11) is 0. The molecule has 1 aliphatic heterocycles. The second-order valence-electron chi connectivity index (χ2n) is 5.48. The molecular formula is C16H22N2. The SMILES string of the molecule is CCC1(CC)CCN(Cc2cccc(C#N)c2)C1. The Labute approximate surface area is 110 Å². The standard InChI is InChI=1S/C16H22N2/c1-3-16(4-2)8-9-18(13-16)12-15-7-5-6-14(10-15)11-17/h5-7,10H,3-4,8-9,12-13H2,1-2H3. The second kappa shape index (κ2) is 5.54. The van der Waals surface area contributed by atoms with Crippen LogP contribution in [-0.2, 0) is 6.54 Å². The van der Waals surface area contributed by atoms with Crippen LogP contribution in [0.4, 0.5) is 0 Å². The van der Waals surface area contributed by atoms with Crippen LogP contribution in [0.2, 0.25) is 0 Å². The van der Waals surface area contributed by atoms with Crippen LogP contribution in [0.15, 0.2) is 24.3 Å². The van der Waals surface area contributed by atoms with Gasteiger partial charge in [-0.2, -0.15) is 5.26 Å². The highest BCUT2D eigenvalue weighted by molar-refractivity contribution is 5.32. The molecule has 0 unspecified atom stereocenters. The third kappa shape index (κ3) is 2.73. The van der Waals surface area contributed by atoms with E-state index in [-0.39, 0.29) is 0 Å². The highest BCUT2D eigenvalue weighted by Gasteiger charge is 2.34. The van der Waals surface area contributed by atoms with Gasteiger partial charge in [-0.25, -0.2) is 0 Å². The molecule has 1 heterocycles. The summed E-state index contributed by atoms with van der Waals surface area (Å²) in [5.74, 6) is 0. The van der Waals surface area contributed by atoms with Crippen LogP contribution in [0.25, 0.3) is 0 Å². The lowest BCUT2D eigenvalue weighted by Gasteiger charge is -2.26. The molecule has 2 rings (SSSR count). The van der Waals surface area contributed by atoms with Crippen molar-refractivity contribution in [1.29, 1.82) is 5.26 Å². The largest absolute Gasteiger partial charge is 0.299 e. The number of nitrogens with zero attached hydrogens (tertiary/aromatic N) is 2. The van der Waals surface area contributed by atoms with Crippen LogP contribution in [-0.4, -0.2) is 18.0 Å². The van der Waals surface area contributed by atoms with Gasteiger partial charge in [0, 0.05) is 13.1 Å². The molecule has 18 heavy (non-hydrogen) atoms. The van der Waals surface area contributed by atoms with Crippen molar-refractivity contribution in [3.63, 3.8) is 0 Å². The maximum absolute atomic E-state index is 8.92. The van der Waals surface area contributed by atoms with Gasteiger partial charge in [0.15, 0.2) is 0 Å². The minimum Gasteiger partial charge on any atom is -0.299 e. The van der Waals surface area contributed by atoms with Crippen molar-refractivity contribution in [2.45, 2.75) is 39.7 Å². The van der Waals surface area contributed by atoms with Crippen molar-refractivity contribution < 1.29 is 0 Å². The zero-order chi connectivity index (χ0) is 13.0. The summed E-state index contributed by atoms with van der Waals surface area (Å²) < 4.78 is 0. The van der Waals surface area contributed by atoms with Crippen molar-refractivity contribution in [3.8, 4) is 6.07 Å². The predicted molar refractivity (Wildman–Crippen MR) is 74.1 cm³/mol. The molecule has 2 nitrogen and oxygen atoms in total. The molecule has 0 spiro atoms. The van der Waals surface area contributed by atoms with E-state index < -0.39 is 0 Å². The van der Waals surface area contributed by atoms with Crippen molar-refractivity contribution >= 4 is 0 Å². The molecule has 0 atom stereocenters. The van der Waals surface area contributed by atoms with Gasteiger partial charge in [-0.15, -0.1) is 0 Å². The fourth-order valence-electron chi connectivity index (χ4n) is 2.99. The molecule has 2 heteroatoms. The maximum atomic E-state index is 8.92. The maximum Gasteiger partial charge on any atom is 0.0991 e. The molecule has 0 N–H and O–H groups in total. The average Bonchev–Trinajstić information content (AvgIpc) is 2.83. The highest BCUT2D eigenvalue weighted by Crippen LogP contribution is 2.37. The van der Waals surface area contributed by atoms with Crippen LogP contribution < -0.4 is 0 Å². The Balaban J connectivity index is 2.01. The van der Waals surface area contributed by atoms with Crippen LogP contribution >= 0.6 is 0 Å². The van der Waals surface area contributed by atoms with Gasteiger partial charge in [-0.1, -0.05) is 26.0 Å². The zero-order valence-corrected chi connectivity index (χ0v) is 11.4. The summed E-state index contributed by atoms with van der Waals surface area (Å²) in [6.07, 6.45) is 3.87. The molecule has 96 valence electrons. The number of nitriles is 1. The van der Waals surface area contributed by atoms with Crippen LogP contribution in [0.1, 0.15) is 44.2 Å². The van der Waals surface area contributed by atoms with Crippen molar-refractivity contribution in [3.05, 3.63) is 35.4 Å². The Kier molecular flexibility index (Phi) is 4.04. The first kappa shape index (κ1) is 13.1. The minimum atomic E-state index is 0.535. The van der Waals surface area contributed by atoms with E-state index in [1.54, 1.807) is 0 Å². The Morgan fingerprint density at radius 2 is 2.11 bits per heavy atom. The van der Waals surface area contributed by atoms with E-state index in [0.717, 1.165) is 12.1 Å². The molecule has 0 aliphatic carbocycles. The molecule has 1 fully saturated rings. The van der Waals surface area contributed by atoms with E-state index in [4.69, 9.17) is 5.26 Å². The summed E-state index contributed by atoms with van der Waals surface area (Å²) >= 11 is 0. The zero-order valence-electron chi connectivity index (χ0n) is 11.4. The Bertz CT molecular complexity index is 441. The molecule has 0 bridgehead atoms. The molecule has 1 saturated heterocycles. The number of benzene rings is 1. The molecule has 0 amide bonds. The minimum absolute atomic E-state index is 0.535. The highest BCUT2D eigenvalue weighted by atomic mass is 15.2. The summed E-state index contributed by atoms with van der Waals surface area (Å²) in [6.45, 7) is 8.00. The summed E-state index contributed by atoms with van der Waals surface area (Å²) in [6, 6.07) is 10.2. The topological polar surface area (TPSA) is 27.0 Å². The molecule has 1 aliphatic rings. The predicted octanol–water partition coefficient (Wildman–Crippen LogP) is 3.57. The van der Waals surface area contributed by atoms with Crippen LogP contribution in [0, 0.1) is 16.7 Å². The smallest absolute Gasteiger partial charge is 0.0991 e. The van der Waals surface area contributed by atoms with E-state index in [2.05, 4.69) is 30.9 Å². The fourth-order valence-corrected chi connectivity index (χ4v) is 2.99. The first-order chi connectivity index (χ1) is 8.71. The van der Waals surface area contributed by atoms with Gasteiger partial charge < -0.3 is 0 Å². The molecule has 1 aromatic rings. The summed E-state index contributed by atoms with van der Waals surface area (Å²) in [5, 5.41) is 8.92. The summed E-state index contributed by atoms with van der Waals surface area (Å²) in [5.41, 5.74) is 2.56. The monoisotopic (exact) mass is 242 g/mol. The van der Waals surface area contributed by atoms with Gasteiger partial charge in [-0.05, 0) is 48.9 Å². The Hall–Kier alpha value is -1.33. The van der Waals surface area contributed by atoms with Crippen LogP contribution in [0.3, 0.4) is 0 Å². The first-order valence-corrected chi connectivity index (χ1v) is 6.93. The van der Waals surface area contributed by atoms with Gasteiger partial charge in [0.25, 0.3) is 0 Å². The number of hydrogen-bond donors (Lipinski definition) is 0. The van der Waals surface area contributed by atoms with Gasteiger partial charge in [-0.3, -0.25) is 4.90 Å². The normalized spacial score (nSPS) is 18.7.